The highest BCUT2D eigenvalue weighted by Gasteiger charge is 2.77. The number of hydrogen-bond donors (Lipinski definition) is 0. The van der Waals surface area contributed by atoms with E-state index >= 15 is 0 Å². The molecule has 0 amide bonds. The Labute approximate surface area is 157 Å². The lowest BCUT2D eigenvalue weighted by atomic mass is 9.88. The van der Waals surface area contributed by atoms with Gasteiger partial charge >= 0.3 is 0 Å². The minimum absolute atomic E-state index is 0.0172. The van der Waals surface area contributed by atoms with Crippen LogP contribution in [-0.4, -0.2) is 32.5 Å². The molecule has 2 aromatic rings. The van der Waals surface area contributed by atoms with E-state index in [0.29, 0.717) is 17.0 Å². The SMILES string of the molecule is C=C(C1CC1)[C@@]12C[C@@H]1[C@@H](n1ccc3c(Cl)ncnc31)[C@@H]1OC(C)(C)O[C@@H]12. The largest absolute Gasteiger partial charge is 0.344 e. The van der Waals surface area contributed by atoms with Gasteiger partial charge in [-0.05, 0) is 51.0 Å². The van der Waals surface area contributed by atoms with Crippen molar-refractivity contribution in [1.29, 1.82) is 0 Å². The van der Waals surface area contributed by atoms with Crippen molar-refractivity contribution >= 4 is 22.6 Å². The molecule has 0 radical (unpaired) electrons. The Bertz CT molecular complexity index is 950. The number of halogens is 1. The maximum atomic E-state index is 6.44. The molecule has 0 aromatic carbocycles. The van der Waals surface area contributed by atoms with Gasteiger partial charge in [0.05, 0.1) is 17.5 Å². The number of ether oxygens (including phenoxy) is 2. The fraction of sp³-hybridized carbons (Fsp3) is 0.600. The average Bonchev–Trinajstić information content (AvgIpc) is 3.47. The number of aromatic nitrogens is 3. The molecule has 0 unspecified atom stereocenters. The van der Waals surface area contributed by atoms with Crippen LogP contribution in [0.1, 0.15) is 39.2 Å². The van der Waals surface area contributed by atoms with E-state index in [2.05, 4.69) is 27.3 Å². The zero-order chi connectivity index (χ0) is 17.8. The van der Waals surface area contributed by atoms with Gasteiger partial charge in [-0.25, -0.2) is 9.97 Å². The van der Waals surface area contributed by atoms with Crippen LogP contribution in [0.3, 0.4) is 0 Å². The molecule has 4 aliphatic rings. The quantitative estimate of drug-likeness (QED) is 0.601. The maximum absolute atomic E-state index is 6.44. The summed E-state index contributed by atoms with van der Waals surface area (Å²) < 4.78 is 15.1. The van der Waals surface area contributed by atoms with Crippen LogP contribution in [0.2, 0.25) is 5.15 Å². The standard InChI is InChI=1S/C20H22ClN3O2/c1-10(11-4-5-11)20-8-13(20)14(15-16(20)26-19(2,3)25-15)24-7-6-12-17(21)22-9-23-18(12)24/h6-7,9,11,13-16H,1,4-5,8H2,2-3H3/t13-,14-,15+,16+,20+/m1/s1. The van der Waals surface area contributed by atoms with Crippen LogP contribution in [0.4, 0.5) is 0 Å². The summed E-state index contributed by atoms with van der Waals surface area (Å²) in [5.41, 5.74) is 2.34. The van der Waals surface area contributed by atoms with Gasteiger partial charge in [0.1, 0.15) is 23.2 Å². The van der Waals surface area contributed by atoms with E-state index in [1.807, 2.05) is 19.9 Å². The highest BCUT2D eigenvalue weighted by molar-refractivity contribution is 6.33. The summed E-state index contributed by atoms with van der Waals surface area (Å²) in [5, 5.41) is 1.39. The molecule has 3 heterocycles. The molecule has 5 atom stereocenters. The molecule has 1 saturated heterocycles. The topological polar surface area (TPSA) is 49.2 Å². The maximum Gasteiger partial charge on any atom is 0.163 e. The predicted molar refractivity (Wildman–Crippen MR) is 97.8 cm³/mol. The summed E-state index contributed by atoms with van der Waals surface area (Å²) in [7, 11) is 0. The summed E-state index contributed by atoms with van der Waals surface area (Å²) in [4.78, 5) is 8.62. The highest BCUT2D eigenvalue weighted by Crippen LogP contribution is 2.76. The Morgan fingerprint density at radius 3 is 2.88 bits per heavy atom. The van der Waals surface area contributed by atoms with E-state index in [1.165, 1.54) is 24.7 Å². The Morgan fingerprint density at radius 2 is 2.12 bits per heavy atom. The molecule has 136 valence electrons. The van der Waals surface area contributed by atoms with Crippen LogP contribution in [0, 0.1) is 17.3 Å². The Kier molecular flexibility index (Phi) is 2.82. The summed E-state index contributed by atoms with van der Waals surface area (Å²) in [6.07, 6.45) is 7.39. The fourth-order valence-corrected chi connectivity index (χ4v) is 5.81. The van der Waals surface area contributed by atoms with Crippen molar-refractivity contribution in [3.8, 4) is 0 Å². The number of hydrogen-bond acceptors (Lipinski definition) is 4. The van der Waals surface area contributed by atoms with E-state index in [9.17, 15) is 0 Å². The monoisotopic (exact) mass is 371 g/mol. The zero-order valence-electron chi connectivity index (χ0n) is 15.0. The van der Waals surface area contributed by atoms with Crippen molar-refractivity contribution in [3.05, 3.63) is 35.9 Å². The smallest absolute Gasteiger partial charge is 0.163 e. The fourth-order valence-electron chi connectivity index (χ4n) is 5.62. The van der Waals surface area contributed by atoms with Gasteiger partial charge < -0.3 is 14.0 Å². The van der Waals surface area contributed by atoms with Gasteiger partial charge in [-0.1, -0.05) is 23.8 Å². The van der Waals surface area contributed by atoms with Gasteiger partial charge in [-0.15, -0.1) is 0 Å². The van der Waals surface area contributed by atoms with Crippen molar-refractivity contribution in [3.63, 3.8) is 0 Å². The minimum atomic E-state index is -0.562. The molecule has 0 spiro atoms. The lowest BCUT2D eigenvalue weighted by molar-refractivity contribution is -0.159. The minimum Gasteiger partial charge on any atom is -0.344 e. The summed E-state index contributed by atoms with van der Waals surface area (Å²) >= 11 is 6.27. The molecule has 5 nitrogen and oxygen atoms in total. The van der Waals surface area contributed by atoms with Crippen LogP contribution in [0.15, 0.2) is 30.7 Å². The Hall–Kier alpha value is -1.43. The van der Waals surface area contributed by atoms with Gasteiger partial charge in [0.2, 0.25) is 0 Å². The second-order valence-corrected chi connectivity index (χ2v) is 9.14. The van der Waals surface area contributed by atoms with Gasteiger partial charge in [-0.2, -0.15) is 0 Å². The molecule has 0 N–H and O–H groups in total. The molecule has 0 bridgehead atoms. The van der Waals surface area contributed by atoms with Crippen LogP contribution in [-0.2, 0) is 9.47 Å². The van der Waals surface area contributed by atoms with Crippen LogP contribution in [0.25, 0.3) is 11.0 Å². The lowest BCUT2D eigenvalue weighted by Gasteiger charge is -2.25. The van der Waals surface area contributed by atoms with Gasteiger partial charge in [0, 0.05) is 11.6 Å². The molecule has 3 saturated carbocycles. The normalized spacial score (nSPS) is 39.8. The molecule has 2 aromatic heterocycles. The van der Waals surface area contributed by atoms with E-state index in [4.69, 9.17) is 21.1 Å². The van der Waals surface area contributed by atoms with Crippen molar-refractivity contribution in [2.75, 3.05) is 0 Å². The van der Waals surface area contributed by atoms with E-state index in [1.54, 1.807) is 0 Å². The number of fused-ring (bicyclic) bond motifs is 4. The Balaban J connectivity index is 1.48. The van der Waals surface area contributed by atoms with Gasteiger partial charge in [0.15, 0.2) is 5.79 Å². The van der Waals surface area contributed by atoms with Crippen molar-refractivity contribution in [1.82, 2.24) is 14.5 Å². The summed E-state index contributed by atoms with van der Waals surface area (Å²) in [5.74, 6) is 0.601. The first-order chi connectivity index (χ1) is 12.4. The van der Waals surface area contributed by atoms with E-state index in [-0.39, 0.29) is 23.7 Å². The molecule has 26 heavy (non-hydrogen) atoms. The molecule has 4 fully saturated rings. The first kappa shape index (κ1) is 15.6. The van der Waals surface area contributed by atoms with Gasteiger partial charge in [-0.3, -0.25) is 0 Å². The zero-order valence-corrected chi connectivity index (χ0v) is 15.7. The van der Waals surface area contributed by atoms with Crippen LogP contribution >= 0.6 is 11.6 Å². The van der Waals surface area contributed by atoms with Crippen molar-refractivity contribution < 1.29 is 9.47 Å². The van der Waals surface area contributed by atoms with E-state index in [0.717, 1.165) is 17.5 Å². The van der Waals surface area contributed by atoms with E-state index < -0.39 is 5.79 Å². The number of nitrogens with zero attached hydrogens (tertiary/aromatic N) is 3. The molecular formula is C20H22ClN3O2. The predicted octanol–water partition coefficient (Wildman–Crippen LogP) is 4.13. The average molecular weight is 372 g/mol. The van der Waals surface area contributed by atoms with Crippen LogP contribution in [0.5, 0.6) is 0 Å². The van der Waals surface area contributed by atoms with Crippen molar-refractivity contribution in [2.45, 2.75) is 57.1 Å². The first-order valence-electron chi connectivity index (χ1n) is 9.44. The number of rotatable bonds is 3. The molecule has 6 rings (SSSR count). The third-order valence-electron chi connectivity index (χ3n) is 6.89. The highest BCUT2D eigenvalue weighted by atomic mass is 35.5. The third kappa shape index (κ3) is 1.84. The Morgan fingerprint density at radius 1 is 1.31 bits per heavy atom. The first-order valence-corrected chi connectivity index (χ1v) is 9.82. The molecule has 3 aliphatic carbocycles. The molecule has 6 heteroatoms. The molecular weight excluding hydrogens is 350 g/mol. The van der Waals surface area contributed by atoms with Gasteiger partial charge in [0.25, 0.3) is 0 Å². The lowest BCUT2D eigenvalue weighted by Crippen LogP contribution is -2.32. The second-order valence-electron chi connectivity index (χ2n) is 8.79. The van der Waals surface area contributed by atoms with Crippen molar-refractivity contribution in [2.24, 2.45) is 17.3 Å². The second kappa shape index (κ2) is 4.70. The summed E-state index contributed by atoms with van der Waals surface area (Å²) in [6.45, 7) is 8.55. The third-order valence-corrected chi connectivity index (χ3v) is 7.20. The summed E-state index contributed by atoms with van der Waals surface area (Å²) in [6, 6.07) is 2.20. The molecule has 1 aliphatic heterocycles. The van der Waals surface area contributed by atoms with Crippen LogP contribution < -0.4 is 0 Å².